The molecule has 0 fully saturated rings. The Hall–Kier alpha value is -0.730. The molecule has 0 amide bonds. The Morgan fingerprint density at radius 3 is 2.00 bits per heavy atom. The molecule has 1 atom stereocenters. The van der Waals surface area contributed by atoms with Gasteiger partial charge in [-0.05, 0) is 18.3 Å². The Balaban J connectivity index is 4.75. The summed E-state index contributed by atoms with van der Waals surface area (Å²) in [6.07, 6.45) is 1.30. The predicted octanol–water partition coefficient (Wildman–Crippen LogP) is 4.31. The van der Waals surface area contributed by atoms with Crippen molar-refractivity contribution in [2.24, 2.45) is 10.8 Å². The van der Waals surface area contributed by atoms with Crippen molar-refractivity contribution >= 4 is 6.16 Å². The molecule has 0 aromatic carbocycles. The third-order valence-corrected chi connectivity index (χ3v) is 3.72. The van der Waals surface area contributed by atoms with Crippen LogP contribution in [0.2, 0.25) is 0 Å². The molecular weight excluding hydrogens is 204 g/mol. The van der Waals surface area contributed by atoms with Crippen LogP contribution in [0, 0.1) is 10.8 Å². The predicted molar refractivity (Wildman–Crippen MR) is 65.7 cm³/mol. The van der Waals surface area contributed by atoms with Crippen LogP contribution in [-0.4, -0.2) is 17.4 Å². The molecule has 0 aromatic rings. The number of rotatable bonds is 6. The Morgan fingerprint density at radius 1 is 1.19 bits per heavy atom. The standard InChI is InChI=1S/C13H26O3/c1-7-12(3,4)9-10(16-11(14)15)13(5,6)8-2/h10H,7-9H2,1-6H3,(H,14,15). The van der Waals surface area contributed by atoms with Gasteiger partial charge in [0, 0.05) is 5.41 Å². The molecule has 0 heterocycles. The zero-order chi connectivity index (χ0) is 13.0. The first-order valence-electron chi connectivity index (χ1n) is 6.04. The van der Waals surface area contributed by atoms with Crippen LogP contribution >= 0.6 is 0 Å². The third-order valence-electron chi connectivity index (χ3n) is 3.72. The highest BCUT2D eigenvalue weighted by molar-refractivity contribution is 5.57. The fraction of sp³-hybridized carbons (Fsp3) is 0.923. The number of carbonyl (C=O) groups is 1. The zero-order valence-corrected chi connectivity index (χ0v) is 11.5. The van der Waals surface area contributed by atoms with Crippen LogP contribution in [-0.2, 0) is 4.74 Å². The maximum atomic E-state index is 10.7. The topological polar surface area (TPSA) is 46.5 Å². The second-order valence-electron chi connectivity index (χ2n) is 5.94. The largest absolute Gasteiger partial charge is 0.506 e. The Morgan fingerprint density at radius 2 is 1.69 bits per heavy atom. The van der Waals surface area contributed by atoms with Crippen molar-refractivity contribution in [2.45, 2.75) is 66.9 Å². The van der Waals surface area contributed by atoms with Gasteiger partial charge in [-0.3, -0.25) is 0 Å². The number of carboxylic acid groups (broad SMARTS) is 1. The average molecular weight is 230 g/mol. The van der Waals surface area contributed by atoms with Gasteiger partial charge >= 0.3 is 6.16 Å². The molecule has 0 radical (unpaired) electrons. The lowest BCUT2D eigenvalue weighted by molar-refractivity contribution is -0.0294. The van der Waals surface area contributed by atoms with Gasteiger partial charge in [-0.1, -0.05) is 48.0 Å². The van der Waals surface area contributed by atoms with E-state index in [1.807, 2.05) is 0 Å². The molecule has 0 aliphatic carbocycles. The van der Waals surface area contributed by atoms with Gasteiger partial charge in [0.1, 0.15) is 6.10 Å². The molecule has 0 bridgehead atoms. The monoisotopic (exact) mass is 230 g/mol. The molecule has 3 heteroatoms. The lowest BCUT2D eigenvalue weighted by Gasteiger charge is -2.37. The molecule has 96 valence electrons. The summed E-state index contributed by atoms with van der Waals surface area (Å²) >= 11 is 0. The Kier molecular flexibility index (Phi) is 5.30. The second-order valence-corrected chi connectivity index (χ2v) is 5.94. The first-order valence-corrected chi connectivity index (χ1v) is 6.04. The van der Waals surface area contributed by atoms with E-state index in [1.165, 1.54) is 0 Å². The van der Waals surface area contributed by atoms with Crippen LogP contribution in [0.1, 0.15) is 60.8 Å². The number of hydrogen-bond donors (Lipinski definition) is 1. The summed E-state index contributed by atoms with van der Waals surface area (Å²) in [5.41, 5.74) is 0.0113. The van der Waals surface area contributed by atoms with Crippen LogP contribution < -0.4 is 0 Å². The SMILES string of the molecule is CCC(C)(C)CC(OC(=O)O)C(C)(C)CC. The maximum Gasteiger partial charge on any atom is 0.506 e. The molecule has 1 unspecified atom stereocenters. The molecule has 0 spiro atoms. The normalized spacial score (nSPS) is 14.6. The maximum absolute atomic E-state index is 10.7. The molecule has 16 heavy (non-hydrogen) atoms. The van der Waals surface area contributed by atoms with Crippen LogP contribution in [0.3, 0.4) is 0 Å². The minimum absolute atomic E-state index is 0.106. The first-order chi connectivity index (χ1) is 7.14. The van der Waals surface area contributed by atoms with Gasteiger partial charge in [0.25, 0.3) is 0 Å². The van der Waals surface area contributed by atoms with E-state index in [-0.39, 0.29) is 16.9 Å². The van der Waals surface area contributed by atoms with Gasteiger partial charge in [0.2, 0.25) is 0 Å². The van der Waals surface area contributed by atoms with Gasteiger partial charge in [0.05, 0.1) is 0 Å². The first kappa shape index (κ1) is 15.3. The number of hydrogen-bond acceptors (Lipinski definition) is 2. The van der Waals surface area contributed by atoms with Crippen molar-refractivity contribution < 1.29 is 14.6 Å². The lowest BCUT2D eigenvalue weighted by atomic mass is 9.74. The highest BCUT2D eigenvalue weighted by Gasteiger charge is 2.35. The lowest BCUT2D eigenvalue weighted by Crippen LogP contribution is -2.37. The van der Waals surface area contributed by atoms with Gasteiger partial charge in [-0.25, -0.2) is 4.79 Å². The van der Waals surface area contributed by atoms with E-state index in [0.29, 0.717) is 0 Å². The molecule has 1 N–H and O–H groups in total. The van der Waals surface area contributed by atoms with Crippen molar-refractivity contribution in [3.05, 3.63) is 0 Å². The van der Waals surface area contributed by atoms with Crippen molar-refractivity contribution in [2.75, 3.05) is 0 Å². The summed E-state index contributed by atoms with van der Waals surface area (Å²) in [4.78, 5) is 10.7. The fourth-order valence-electron chi connectivity index (χ4n) is 1.47. The zero-order valence-electron chi connectivity index (χ0n) is 11.5. The quantitative estimate of drug-likeness (QED) is 0.691. The van der Waals surface area contributed by atoms with E-state index in [2.05, 4.69) is 41.5 Å². The Labute approximate surface area is 99.2 Å². The second kappa shape index (κ2) is 5.55. The van der Waals surface area contributed by atoms with E-state index in [0.717, 1.165) is 19.3 Å². The molecule has 0 saturated carbocycles. The van der Waals surface area contributed by atoms with E-state index in [9.17, 15) is 4.79 Å². The summed E-state index contributed by atoms with van der Waals surface area (Å²) in [6, 6.07) is 0. The molecule has 0 aliphatic rings. The minimum Gasteiger partial charge on any atom is -0.450 e. The molecule has 3 nitrogen and oxygen atoms in total. The van der Waals surface area contributed by atoms with E-state index >= 15 is 0 Å². The highest BCUT2D eigenvalue weighted by Crippen LogP contribution is 2.37. The van der Waals surface area contributed by atoms with Crippen LogP contribution in [0.5, 0.6) is 0 Å². The summed E-state index contributed by atoms with van der Waals surface area (Å²) in [7, 11) is 0. The van der Waals surface area contributed by atoms with Crippen molar-refractivity contribution in [3.8, 4) is 0 Å². The van der Waals surface area contributed by atoms with Gasteiger partial charge < -0.3 is 9.84 Å². The van der Waals surface area contributed by atoms with E-state index in [1.54, 1.807) is 0 Å². The third kappa shape index (κ3) is 4.86. The van der Waals surface area contributed by atoms with E-state index < -0.39 is 6.16 Å². The van der Waals surface area contributed by atoms with Crippen LogP contribution in [0.4, 0.5) is 4.79 Å². The summed E-state index contributed by atoms with van der Waals surface area (Å²) in [5, 5.41) is 8.79. The molecule has 0 aliphatic heterocycles. The Bertz CT molecular complexity index is 231. The summed E-state index contributed by atoms with van der Waals surface area (Å²) in [6.45, 7) is 12.6. The van der Waals surface area contributed by atoms with Gasteiger partial charge in [-0.2, -0.15) is 0 Å². The van der Waals surface area contributed by atoms with Crippen molar-refractivity contribution in [1.82, 2.24) is 0 Å². The fourth-order valence-corrected chi connectivity index (χ4v) is 1.47. The molecule has 0 aromatic heterocycles. The van der Waals surface area contributed by atoms with Crippen molar-refractivity contribution in [3.63, 3.8) is 0 Å². The highest BCUT2D eigenvalue weighted by atomic mass is 16.7. The minimum atomic E-state index is -1.17. The smallest absolute Gasteiger partial charge is 0.450 e. The summed E-state index contributed by atoms with van der Waals surface area (Å²) < 4.78 is 5.06. The molecule has 0 rings (SSSR count). The average Bonchev–Trinajstić information content (AvgIpc) is 2.16. The summed E-state index contributed by atoms with van der Waals surface area (Å²) in [5.74, 6) is 0. The van der Waals surface area contributed by atoms with Crippen LogP contribution in [0.25, 0.3) is 0 Å². The van der Waals surface area contributed by atoms with Gasteiger partial charge in [-0.15, -0.1) is 0 Å². The molecule has 0 saturated heterocycles. The van der Waals surface area contributed by atoms with E-state index in [4.69, 9.17) is 9.84 Å². The van der Waals surface area contributed by atoms with Gasteiger partial charge in [0.15, 0.2) is 0 Å². The van der Waals surface area contributed by atoms with Crippen molar-refractivity contribution in [1.29, 1.82) is 0 Å². The molecular formula is C13H26O3. The number of ether oxygens (including phenoxy) is 1. The van der Waals surface area contributed by atoms with Crippen LogP contribution in [0.15, 0.2) is 0 Å².